The largest absolute Gasteiger partial charge is 0.394 e. The normalized spacial score (nSPS) is 21.3. The lowest BCUT2D eigenvalue weighted by Gasteiger charge is -2.40. The van der Waals surface area contributed by atoms with E-state index < -0.39 is 5.54 Å². The third-order valence-electron chi connectivity index (χ3n) is 3.79. The Kier molecular flexibility index (Phi) is 4.32. The minimum absolute atomic E-state index is 0.00352. The topological polar surface area (TPSA) is 35.5 Å². The molecule has 2 N–H and O–H groups in total. The van der Waals surface area contributed by atoms with E-state index in [1.54, 1.807) is 6.07 Å². The molecule has 1 aromatic carbocycles. The van der Waals surface area contributed by atoms with Crippen molar-refractivity contribution in [3.63, 3.8) is 0 Å². The fraction of sp³-hybridized carbons (Fsp3) is 0.571. The van der Waals surface area contributed by atoms with Crippen molar-refractivity contribution in [2.75, 3.05) is 32.8 Å². The first kappa shape index (κ1) is 13.5. The van der Waals surface area contributed by atoms with Crippen molar-refractivity contribution >= 4 is 0 Å². The van der Waals surface area contributed by atoms with Crippen LogP contribution >= 0.6 is 0 Å². The Hall–Kier alpha value is -0.970. The SMILES string of the molecule is CC(CO)(c1cccc(F)c1)N1CCCNCC1. The van der Waals surface area contributed by atoms with Crippen LogP contribution in [0.15, 0.2) is 24.3 Å². The van der Waals surface area contributed by atoms with Gasteiger partial charge in [-0.15, -0.1) is 0 Å². The lowest BCUT2D eigenvalue weighted by molar-refractivity contribution is 0.0451. The van der Waals surface area contributed by atoms with Crippen molar-refractivity contribution in [2.45, 2.75) is 18.9 Å². The molecule has 0 saturated carbocycles. The maximum Gasteiger partial charge on any atom is 0.123 e. The lowest BCUT2D eigenvalue weighted by atomic mass is 9.90. The molecule has 0 bridgehead atoms. The first-order chi connectivity index (χ1) is 8.66. The van der Waals surface area contributed by atoms with Crippen LogP contribution in [0.1, 0.15) is 18.9 Å². The summed E-state index contributed by atoms with van der Waals surface area (Å²) in [5, 5.41) is 13.1. The van der Waals surface area contributed by atoms with Gasteiger partial charge in [-0.3, -0.25) is 4.90 Å². The summed E-state index contributed by atoms with van der Waals surface area (Å²) in [6.45, 7) is 5.67. The highest BCUT2D eigenvalue weighted by Gasteiger charge is 2.33. The number of aliphatic hydroxyl groups excluding tert-OH is 1. The van der Waals surface area contributed by atoms with Gasteiger partial charge in [0.25, 0.3) is 0 Å². The number of hydrogen-bond acceptors (Lipinski definition) is 3. The van der Waals surface area contributed by atoms with Crippen LogP contribution in [0.2, 0.25) is 0 Å². The summed E-state index contributed by atoms with van der Waals surface area (Å²) in [5.41, 5.74) is 0.334. The number of rotatable bonds is 3. The van der Waals surface area contributed by atoms with Crippen molar-refractivity contribution in [3.05, 3.63) is 35.6 Å². The van der Waals surface area contributed by atoms with E-state index in [2.05, 4.69) is 10.2 Å². The van der Waals surface area contributed by atoms with Gasteiger partial charge >= 0.3 is 0 Å². The zero-order valence-electron chi connectivity index (χ0n) is 10.8. The molecule has 1 saturated heterocycles. The molecule has 0 radical (unpaired) electrons. The van der Waals surface area contributed by atoms with E-state index in [9.17, 15) is 9.50 Å². The molecule has 4 heteroatoms. The molecule has 1 aromatic rings. The van der Waals surface area contributed by atoms with E-state index in [0.29, 0.717) is 0 Å². The summed E-state index contributed by atoms with van der Waals surface area (Å²) < 4.78 is 13.4. The van der Waals surface area contributed by atoms with Crippen molar-refractivity contribution in [3.8, 4) is 0 Å². The van der Waals surface area contributed by atoms with Gasteiger partial charge in [-0.25, -0.2) is 4.39 Å². The van der Waals surface area contributed by atoms with Crippen LogP contribution in [0.25, 0.3) is 0 Å². The Labute approximate surface area is 108 Å². The van der Waals surface area contributed by atoms with E-state index in [4.69, 9.17) is 0 Å². The van der Waals surface area contributed by atoms with Gasteiger partial charge in [-0.2, -0.15) is 0 Å². The minimum Gasteiger partial charge on any atom is -0.394 e. The fourth-order valence-electron chi connectivity index (χ4n) is 2.54. The summed E-state index contributed by atoms with van der Waals surface area (Å²) in [6, 6.07) is 6.55. The lowest BCUT2D eigenvalue weighted by Crippen LogP contribution is -2.48. The second kappa shape index (κ2) is 5.78. The first-order valence-electron chi connectivity index (χ1n) is 6.49. The number of aliphatic hydroxyl groups is 1. The smallest absolute Gasteiger partial charge is 0.123 e. The van der Waals surface area contributed by atoms with E-state index >= 15 is 0 Å². The van der Waals surface area contributed by atoms with Crippen LogP contribution < -0.4 is 5.32 Å². The Morgan fingerprint density at radius 2 is 2.22 bits per heavy atom. The van der Waals surface area contributed by atoms with Crippen LogP contribution in [-0.4, -0.2) is 42.8 Å². The minimum atomic E-state index is -0.506. The Morgan fingerprint density at radius 3 is 2.94 bits per heavy atom. The molecule has 2 rings (SSSR count). The van der Waals surface area contributed by atoms with E-state index in [1.807, 2.05) is 13.0 Å². The molecule has 0 spiro atoms. The summed E-state index contributed by atoms with van der Waals surface area (Å²) in [7, 11) is 0. The molecule has 1 aliphatic rings. The third-order valence-corrected chi connectivity index (χ3v) is 3.79. The third kappa shape index (κ3) is 2.71. The molecule has 0 aliphatic carbocycles. The van der Waals surface area contributed by atoms with Crippen LogP contribution in [0, 0.1) is 5.82 Å². The molecule has 1 heterocycles. The van der Waals surface area contributed by atoms with Gasteiger partial charge in [0.15, 0.2) is 0 Å². The van der Waals surface area contributed by atoms with Crippen molar-refractivity contribution in [2.24, 2.45) is 0 Å². The number of nitrogens with one attached hydrogen (secondary N) is 1. The average molecular weight is 252 g/mol. The average Bonchev–Trinajstić information content (AvgIpc) is 2.67. The zero-order chi connectivity index (χ0) is 13.0. The van der Waals surface area contributed by atoms with Crippen molar-refractivity contribution < 1.29 is 9.50 Å². The van der Waals surface area contributed by atoms with Crippen molar-refractivity contribution in [1.29, 1.82) is 0 Å². The fourth-order valence-corrected chi connectivity index (χ4v) is 2.54. The molecule has 0 aromatic heterocycles. The molecule has 0 amide bonds. The van der Waals surface area contributed by atoms with Crippen LogP contribution in [0.5, 0.6) is 0 Å². The molecule has 1 unspecified atom stereocenters. The Bertz CT molecular complexity index is 391. The van der Waals surface area contributed by atoms with Gasteiger partial charge in [0.05, 0.1) is 12.1 Å². The molecular formula is C14H21FN2O. The maximum atomic E-state index is 13.4. The Balaban J connectivity index is 2.28. The van der Waals surface area contributed by atoms with Crippen LogP contribution in [-0.2, 0) is 5.54 Å². The monoisotopic (exact) mass is 252 g/mol. The Morgan fingerprint density at radius 1 is 1.39 bits per heavy atom. The molecule has 3 nitrogen and oxygen atoms in total. The summed E-state index contributed by atoms with van der Waals surface area (Å²) in [4.78, 5) is 2.24. The number of halogens is 1. The summed E-state index contributed by atoms with van der Waals surface area (Å²) >= 11 is 0. The molecule has 100 valence electrons. The van der Waals surface area contributed by atoms with Gasteiger partial charge in [-0.1, -0.05) is 12.1 Å². The molecule has 18 heavy (non-hydrogen) atoms. The summed E-state index contributed by atoms with van der Waals surface area (Å²) in [5.74, 6) is -0.250. The standard InChI is InChI=1S/C14H21FN2O/c1-14(11-18,12-4-2-5-13(15)10-12)17-8-3-6-16-7-9-17/h2,4-5,10,16,18H,3,6-9,11H2,1H3. The quantitative estimate of drug-likeness (QED) is 0.852. The predicted molar refractivity (Wildman–Crippen MR) is 69.9 cm³/mol. The molecular weight excluding hydrogens is 231 g/mol. The van der Waals surface area contributed by atoms with Crippen LogP contribution in [0.3, 0.4) is 0 Å². The highest BCUT2D eigenvalue weighted by atomic mass is 19.1. The van der Waals surface area contributed by atoms with E-state index in [-0.39, 0.29) is 12.4 Å². The van der Waals surface area contributed by atoms with E-state index in [1.165, 1.54) is 12.1 Å². The van der Waals surface area contributed by atoms with Gasteiger partial charge in [0.1, 0.15) is 5.82 Å². The second-order valence-electron chi connectivity index (χ2n) is 5.03. The highest BCUT2D eigenvalue weighted by Crippen LogP contribution is 2.28. The number of nitrogens with zero attached hydrogens (tertiary/aromatic N) is 1. The van der Waals surface area contributed by atoms with Gasteiger partial charge in [-0.05, 0) is 37.6 Å². The predicted octanol–water partition coefficient (Wildman–Crippen LogP) is 1.33. The molecule has 1 atom stereocenters. The van der Waals surface area contributed by atoms with Gasteiger partial charge < -0.3 is 10.4 Å². The van der Waals surface area contributed by atoms with Crippen LogP contribution in [0.4, 0.5) is 4.39 Å². The second-order valence-corrected chi connectivity index (χ2v) is 5.03. The molecule has 1 fully saturated rings. The summed E-state index contributed by atoms with van der Waals surface area (Å²) in [6.07, 6.45) is 1.05. The van der Waals surface area contributed by atoms with Gasteiger partial charge in [0.2, 0.25) is 0 Å². The van der Waals surface area contributed by atoms with Crippen molar-refractivity contribution in [1.82, 2.24) is 10.2 Å². The first-order valence-corrected chi connectivity index (χ1v) is 6.49. The zero-order valence-corrected chi connectivity index (χ0v) is 10.8. The van der Waals surface area contributed by atoms with Gasteiger partial charge in [0, 0.05) is 19.6 Å². The number of hydrogen-bond donors (Lipinski definition) is 2. The molecule has 1 aliphatic heterocycles. The highest BCUT2D eigenvalue weighted by molar-refractivity contribution is 5.25. The maximum absolute atomic E-state index is 13.4. The van der Waals surface area contributed by atoms with E-state index in [0.717, 1.165) is 38.2 Å². The number of benzene rings is 1.